The van der Waals surface area contributed by atoms with E-state index in [1.54, 1.807) is 0 Å². The van der Waals surface area contributed by atoms with Gasteiger partial charge in [0.05, 0.1) is 0 Å². The number of pyridine rings is 2. The van der Waals surface area contributed by atoms with E-state index in [4.69, 9.17) is 9.97 Å². The van der Waals surface area contributed by atoms with Crippen LogP contribution < -0.4 is 5.32 Å². The second-order valence-electron chi connectivity index (χ2n) is 16.6. The quantitative estimate of drug-likeness (QED) is 0.108. The van der Waals surface area contributed by atoms with Crippen LogP contribution in [-0.2, 0) is 32.4 Å². The Hall–Kier alpha value is -4.84. The van der Waals surface area contributed by atoms with Crippen LogP contribution in [0.15, 0.2) is 109 Å². The smallest absolute Gasteiger partial charge is 0.156 e. The van der Waals surface area contributed by atoms with Crippen molar-refractivity contribution in [2.45, 2.75) is 105 Å². The van der Waals surface area contributed by atoms with Crippen LogP contribution in [0.3, 0.4) is 0 Å². The van der Waals surface area contributed by atoms with Gasteiger partial charge in [0, 0.05) is 36.6 Å². The molecule has 7 rings (SSSR count). The largest absolute Gasteiger partial charge is 0.338 e. The van der Waals surface area contributed by atoms with Crippen molar-refractivity contribution in [3.8, 4) is 11.1 Å². The monoisotopic (exact) mass is 758 g/mol. The number of likely N-dealkylation sites (tertiary alicyclic amines) is 2. The van der Waals surface area contributed by atoms with E-state index in [-0.39, 0.29) is 0 Å². The first-order valence-corrected chi connectivity index (χ1v) is 21.5. The Kier molecular flexibility index (Phi) is 13.5. The first-order chi connectivity index (χ1) is 27.8. The van der Waals surface area contributed by atoms with E-state index >= 15 is 0 Å². The van der Waals surface area contributed by atoms with Gasteiger partial charge in [0.2, 0.25) is 0 Å². The normalized spacial score (nSPS) is 15.7. The molecule has 0 spiro atoms. The Morgan fingerprint density at radius 1 is 0.737 bits per heavy atom. The number of nitrogens with one attached hydrogen (secondary N) is 1. The average molecular weight is 758 g/mol. The molecule has 3 aromatic carbocycles. The van der Waals surface area contributed by atoms with E-state index in [0.29, 0.717) is 0 Å². The van der Waals surface area contributed by atoms with Crippen molar-refractivity contribution in [3.05, 3.63) is 154 Å². The van der Waals surface area contributed by atoms with Crippen LogP contribution in [0.4, 0.5) is 11.5 Å². The minimum absolute atomic E-state index is 0.798. The molecule has 0 saturated carbocycles. The molecule has 2 aliphatic rings. The fraction of sp³-hybridized carbons (Fsp3) is 0.385. The Bertz CT molecular complexity index is 2250. The molecule has 0 bridgehead atoms. The summed E-state index contributed by atoms with van der Waals surface area (Å²) in [5, 5.41) is 4.80. The maximum Gasteiger partial charge on any atom is 0.156 e. The predicted molar refractivity (Wildman–Crippen MR) is 242 cm³/mol. The number of benzene rings is 3. The number of nitrogens with zero attached hydrogens (tertiary/aromatic N) is 4. The second-order valence-corrected chi connectivity index (χ2v) is 16.6. The highest BCUT2D eigenvalue weighted by Gasteiger charge is 2.18. The van der Waals surface area contributed by atoms with Crippen molar-refractivity contribution in [2.24, 2.45) is 0 Å². The van der Waals surface area contributed by atoms with Gasteiger partial charge in [-0.3, -0.25) is 14.8 Å². The summed E-state index contributed by atoms with van der Waals surface area (Å²) in [5.74, 6) is 0.798. The van der Waals surface area contributed by atoms with Gasteiger partial charge in [-0.15, -0.1) is 0 Å². The minimum Gasteiger partial charge on any atom is -0.338 e. The highest BCUT2D eigenvalue weighted by molar-refractivity contribution is 5.91. The topological polar surface area (TPSA) is 44.3 Å². The summed E-state index contributed by atoms with van der Waals surface area (Å²) in [6.45, 7) is 22.1. The number of rotatable bonds is 15. The highest BCUT2D eigenvalue weighted by Crippen LogP contribution is 2.35. The number of aryl methyl sites for hydroxylation is 4. The second kappa shape index (κ2) is 19.1. The summed E-state index contributed by atoms with van der Waals surface area (Å²) in [6, 6.07) is 22.8. The first-order valence-electron chi connectivity index (χ1n) is 21.5. The van der Waals surface area contributed by atoms with Crippen LogP contribution in [0.5, 0.6) is 0 Å². The molecule has 1 N–H and O–H groups in total. The SMILES string of the molecule is C=C/C(=C\C(C)=C/C)CCc1cc(CCc2cccc(-c3cccc(Nc4nccc5cc(CN6CCCC6)cnc45)c3C)c2C)c(C)cc1CN1CCCCC1. The van der Waals surface area contributed by atoms with Gasteiger partial charge < -0.3 is 5.32 Å². The van der Waals surface area contributed by atoms with Gasteiger partial charge in [0.15, 0.2) is 5.82 Å². The molecule has 296 valence electrons. The predicted octanol–water partition coefficient (Wildman–Crippen LogP) is 12.3. The fourth-order valence-electron chi connectivity index (χ4n) is 8.95. The van der Waals surface area contributed by atoms with Gasteiger partial charge >= 0.3 is 0 Å². The van der Waals surface area contributed by atoms with Crippen LogP contribution in [-0.4, -0.2) is 45.9 Å². The molecule has 0 aliphatic carbocycles. The van der Waals surface area contributed by atoms with Crippen LogP contribution in [0.1, 0.15) is 96.9 Å². The number of hydrogen-bond acceptors (Lipinski definition) is 5. The lowest BCUT2D eigenvalue weighted by Gasteiger charge is -2.28. The van der Waals surface area contributed by atoms with Crippen molar-refractivity contribution in [3.63, 3.8) is 0 Å². The fourth-order valence-corrected chi connectivity index (χ4v) is 8.95. The molecule has 2 saturated heterocycles. The molecule has 0 amide bonds. The lowest BCUT2D eigenvalue weighted by Crippen LogP contribution is -2.29. The summed E-state index contributed by atoms with van der Waals surface area (Å²) in [4.78, 5) is 14.9. The summed E-state index contributed by atoms with van der Waals surface area (Å²) in [7, 11) is 0. The van der Waals surface area contributed by atoms with Crippen molar-refractivity contribution in [1.29, 1.82) is 0 Å². The zero-order chi connectivity index (χ0) is 39.7. The molecule has 5 heteroatoms. The third kappa shape index (κ3) is 10.0. The Labute approximate surface area is 342 Å². The molecule has 2 aromatic heterocycles. The van der Waals surface area contributed by atoms with Crippen LogP contribution in [0, 0.1) is 20.8 Å². The third-order valence-electron chi connectivity index (χ3n) is 12.6. The molecular formula is C52H63N5. The molecular weight excluding hydrogens is 695 g/mol. The molecule has 0 radical (unpaired) electrons. The van der Waals surface area contributed by atoms with Crippen molar-refractivity contribution in [2.75, 3.05) is 31.5 Å². The average Bonchev–Trinajstić information content (AvgIpc) is 3.74. The Morgan fingerprint density at radius 3 is 2.19 bits per heavy atom. The van der Waals surface area contributed by atoms with Crippen molar-refractivity contribution < 1.29 is 0 Å². The summed E-state index contributed by atoms with van der Waals surface area (Å²) in [6.07, 6.45) is 21.1. The molecule has 0 unspecified atom stereocenters. The van der Waals surface area contributed by atoms with Gasteiger partial charge in [-0.1, -0.05) is 79.3 Å². The van der Waals surface area contributed by atoms with Gasteiger partial charge in [0.1, 0.15) is 5.52 Å². The Balaban J connectivity index is 1.10. The maximum absolute atomic E-state index is 4.92. The van der Waals surface area contributed by atoms with E-state index in [0.717, 1.165) is 61.2 Å². The van der Waals surface area contributed by atoms with Gasteiger partial charge in [0.25, 0.3) is 0 Å². The zero-order valence-electron chi connectivity index (χ0n) is 35.3. The van der Waals surface area contributed by atoms with Crippen LogP contribution in [0.2, 0.25) is 0 Å². The van der Waals surface area contributed by atoms with Crippen molar-refractivity contribution >= 4 is 22.4 Å². The van der Waals surface area contributed by atoms with E-state index in [1.165, 1.54) is 125 Å². The number of aromatic nitrogens is 2. The Morgan fingerprint density at radius 2 is 1.44 bits per heavy atom. The van der Waals surface area contributed by atoms with E-state index in [9.17, 15) is 0 Å². The number of piperidine rings is 1. The van der Waals surface area contributed by atoms with E-state index in [2.05, 4.69) is 129 Å². The molecule has 2 fully saturated rings. The highest BCUT2D eigenvalue weighted by atomic mass is 15.1. The molecule has 4 heterocycles. The van der Waals surface area contributed by atoms with Gasteiger partial charge in [-0.05, 0) is 192 Å². The molecule has 2 aliphatic heterocycles. The van der Waals surface area contributed by atoms with Gasteiger partial charge in [-0.25, -0.2) is 4.98 Å². The minimum atomic E-state index is 0.798. The number of anilines is 2. The first kappa shape index (κ1) is 40.4. The third-order valence-corrected chi connectivity index (χ3v) is 12.6. The van der Waals surface area contributed by atoms with Crippen molar-refractivity contribution in [1.82, 2.24) is 19.8 Å². The number of allylic oxidation sites excluding steroid dienone is 5. The standard InChI is InChI=1S/C52H63N5/c1-7-37(3)30-41(8-2)20-21-45-33-44(38(4)31-47(45)36-57-26-10-9-11-27-57)23-22-43-16-14-17-48(39(43)5)49-18-15-19-50(40(49)6)55-52-51-46(24-25-53-52)32-42(34-54-51)35-56-28-12-13-29-56/h7-8,14-19,24-25,30-34H,2,9-13,20-23,26-29,35-36H2,1,3-6H3,(H,53,55)/b37-7-,41-30+. The molecule has 57 heavy (non-hydrogen) atoms. The maximum atomic E-state index is 4.92. The lowest BCUT2D eigenvalue weighted by molar-refractivity contribution is 0.220. The molecule has 5 aromatic rings. The van der Waals surface area contributed by atoms with Crippen LogP contribution >= 0.6 is 0 Å². The zero-order valence-corrected chi connectivity index (χ0v) is 35.3. The molecule has 5 nitrogen and oxygen atoms in total. The molecule has 0 atom stereocenters. The van der Waals surface area contributed by atoms with Gasteiger partial charge in [-0.2, -0.15) is 0 Å². The summed E-state index contributed by atoms with van der Waals surface area (Å²) in [5.41, 5.74) is 18.2. The van der Waals surface area contributed by atoms with E-state index in [1.807, 2.05) is 18.5 Å². The number of hydrogen-bond donors (Lipinski definition) is 1. The lowest BCUT2D eigenvalue weighted by atomic mass is 9.89. The summed E-state index contributed by atoms with van der Waals surface area (Å²) < 4.78 is 0. The summed E-state index contributed by atoms with van der Waals surface area (Å²) >= 11 is 0. The van der Waals surface area contributed by atoms with E-state index < -0.39 is 0 Å². The number of fused-ring (bicyclic) bond motifs is 1. The van der Waals surface area contributed by atoms with Crippen LogP contribution in [0.25, 0.3) is 22.0 Å².